The van der Waals surface area contributed by atoms with Gasteiger partial charge in [-0.2, -0.15) is 0 Å². The summed E-state index contributed by atoms with van der Waals surface area (Å²) in [5.41, 5.74) is 0. The Hall–Kier alpha value is -0.0800. The quantitative estimate of drug-likeness (QED) is 0.605. The zero-order valence-electron chi connectivity index (χ0n) is 10.6. The molecule has 0 aromatic carbocycles. The number of nitrogens with one attached hydrogen (secondary N) is 1. The molecule has 0 radical (unpaired) electrons. The van der Waals surface area contributed by atoms with E-state index in [-0.39, 0.29) is 0 Å². The molecule has 0 saturated carbocycles. The fourth-order valence-corrected chi connectivity index (χ4v) is 1.52. The molecule has 1 N–H and O–H groups in total. The van der Waals surface area contributed by atoms with E-state index in [1.807, 2.05) is 0 Å². The Morgan fingerprint density at radius 1 is 1.21 bits per heavy atom. The molecule has 0 rings (SSSR count). The maximum atomic E-state index is 3.56. The lowest BCUT2D eigenvalue weighted by atomic mass is 10.1. The van der Waals surface area contributed by atoms with Crippen LogP contribution in [0.5, 0.6) is 0 Å². The van der Waals surface area contributed by atoms with Gasteiger partial charge in [0.05, 0.1) is 0 Å². The Morgan fingerprint density at radius 3 is 2.36 bits per heavy atom. The van der Waals surface area contributed by atoms with Crippen LogP contribution in [0.2, 0.25) is 0 Å². The Labute approximate surface area is 90.1 Å². The Balaban J connectivity index is 3.30. The second kappa shape index (κ2) is 8.25. The third-order valence-corrected chi connectivity index (χ3v) is 2.58. The lowest BCUT2D eigenvalue weighted by Crippen LogP contribution is -2.37. The minimum atomic E-state index is 0.618. The summed E-state index contributed by atoms with van der Waals surface area (Å²) in [5, 5.41) is 3.56. The van der Waals surface area contributed by atoms with Crippen LogP contribution in [0.25, 0.3) is 0 Å². The van der Waals surface area contributed by atoms with Crippen LogP contribution in [0.3, 0.4) is 0 Å². The fraction of sp³-hybridized carbons (Fsp3) is 1.00. The van der Waals surface area contributed by atoms with Crippen LogP contribution in [0, 0.1) is 5.92 Å². The van der Waals surface area contributed by atoms with Crippen LogP contribution in [-0.2, 0) is 0 Å². The van der Waals surface area contributed by atoms with E-state index in [1.165, 1.54) is 12.8 Å². The van der Waals surface area contributed by atoms with Crippen molar-refractivity contribution < 1.29 is 0 Å². The minimum Gasteiger partial charge on any atom is -0.313 e. The van der Waals surface area contributed by atoms with Gasteiger partial charge in [0.2, 0.25) is 0 Å². The topological polar surface area (TPSA) is 15.3 Å². The van der Waals surface area contributed by atoms with Crippen LogP contribution in [0.4, 0.5) is 0 Å². The summed E-state index contributed by atoms with van der Waals surface area (Å²) in [4.78, 5) is 2.35. The zero-order valence-corrected chi connectivity index (χ0v) is 10.6. The predicted octanol–water partition coefficient (Wildman–Crippen LogP) is 2.35. The molecule has 0 aromatic rings. The van der Waals surface area contributed by atoms with Gasteiger partial charge < -0.3 is 10.2 Å². The van der Waals surface area contributed by atoms with E-state index in [4.69, 9.17) is 0 Å². The normalized spacial score (nSPS) is 13.9. The fourth-order valence-electron chi connectivity index (χ4n) is 1.52. The van der Waals surface area contributed by atoms with Crippen molar-refractivity contribution >= 4 is 0 Å². The molecule has 0 heterocycles. The first-order valence-corrected chi connectivity index (χ1v) is 5.98. The number of hydrogen-bond acceptors (Lipinski definition) is 2. The van der Waals surface area contributed by atoms with E-state index in [9.17, 15) is 0 Å². The van der Waals surface area contributed by atoms with Gasteiger partial charge in [-0.3, -0.25) is 0 Å². The Bertz CT molecular complexity index is 123. The molecular formula is C12H28N2. The van der Waals surface area contributed by atoms with Gasteiger partial charge in [-0.15, -0.1) is 0 Å². The molecule has 0 aromatic heterocycles. The average Bonchev–Trinajstić information content (AvgIpc) is 2.12. The largest absolute Gasteiger partial charge is 0.313 e. The molecule has 1 unspecified atom stereocenters. The summed E-state index contributed by atoms with van der Waals surface area (Å²) in [6.45, 7) is 12.5. The number of nitrogens with zero attached hydrogens (tertiary/aromatic N) is 1. The molecule has 0 amide bonds. The van der Waals surface area contributed by atoms with Gasteiger partial charge in [-0.1, -0.05) is 20.8 Å². The van der Waals surface area contributed by atoms with E-state index in [1.54, 1.807) is 0 Å². The number of likely N-dealkylation sites (N-methyl/N-ethyl adjacent to an activating group) is 1. The summed E-state index contributed by atoms with van der Waals surface area (Å²) in [6, 6.07) is 0.618. The van der Waals surface area contributed by atoms with Crippen molar-refractivity contribution in [1.82, 2.24) is 10.2 Å². The molecule has 2 heteroatoms. The predicted molar refractivity (Wildman–Crippen MR) is 64.7 cm³/mol. The third-order valence-electron chi connectivity index (χ3n) is 2.58. The summed E-state index contributed by atoms with van der Waals surface area (Å²) >= 11 is 0. The maximum absolute atomic E-state index is 3.56. The molecule has 2 nitrogen and oxygen atoms in total. The highest BCUT2D eigenvalue weighted by atomic mass is 15.1. The highest BCUT2D eigenvalue weighted by molar-refractivity contribution is 4.64. The highest BCUT2D eigenvalue weighted by Gasteiger charge is 2.03. The smallest absolute Gasteiger partial charge is 0.0166 e. The molecule has 0 fully saturated rings. The van der Waals surface area contributed by atoms with Crippen LogP contribution in [-0.4, -0.2) is 37.6 Å². The van der Waals surface area contributed by atoms with Crippen molar-refractivity contribution in [2.24, 2.45) is 5.92 Å². The molecule has 86 valence electrons. The van der Waals surface area contributed by atoms with Crippen molar-refractivity contribution in [3.05, 3.63) is 0 Å². The third kappa shape index (κ3) is 8.52. The van der Waals surface area contributed by atoms with Crippen LogP contribution in [0.1, 0.15) is 40.5 Å². The van der Waals surface area contributed by atoms with Crippen LogP contribution >= 0.6 is 0 Å². The van der Waals surface area contributed by atoms with Gasteiger partial charge in [0.15, 0.2) is 0 Å². The van der Waals surface area contributed by atoms with Crippen molar-refractivity contribution in [3.8, 4) is 0 Å². The second-order valence-corrected chi connectivity index (χ2v) is 4.75. The van der Waals surface area contributed by atoms with Gasteiger partial charge in [0.1, 0.15) is 0 Å². The van der Waals surface area contributed by atoms with E-state index in [0.717, 1.165) is 25.6 Å². The average molecular weight is 200 g/mol. The van der Waals surface area contributed by atoms with Gasteiger partial charge in [-0.25, -0.2) is 0 Å². The SMILES string of the molecule is CCN(C)CC(C)NCCCC(C)C. The van der Waals surface area contributed by atoms with E-state index < -0.39 is 0 Å². The Kier molecular flexibility index (Phi) is 8.20. The van der Waals surface area contributed by atoms with Gasteiger partial charge in [0.25, 0.3) is 0 Å². The van der Waals surface area contributed by atoms with Crippen molar-refractivity contribution in [2.75, 3.05) is 26.7 Å². The van der Waals surface area contributed by atoms with Crippen LogP contribution < -0.4 is 5.32 Å². The molecule has 0 bridgehead atoms. The molecule has 0 saturated heterocycles. The molecule has 0 spiro atoms. The van der Waals surface area contributed by atoms with Gasteiger partial charge in [0, 0.05) is 12.6 Å². The number of hydrogen-bond donors (Lipinski definition) is 1. The number of rotatable bonds is 8. The first kappa shape index (κ1) is 13.9. The van der Waals surface area contributed by atoms with Crippen molar-refractivity contribution in [3.63, 3.8) is 0 Å². The summed E-state index contributed by atoms with van der Waals surface area (Å²) in [6.07, 6.45) is 2.64. The second-order valence-electron chi connectivity index (χ2n) is 4.75. The Morgan fingerprint density at radius 2 is 1.86 bits per heavy atom. The highest BCUT2D eigenvalue weighted by Crippen LogP contribution is 2.02. The minimum absolute atomic E-state index is 0.618. The van der Waals surface area contributed by atoms with E-state index >= 15 is 0 Å². The lowest BCUT2D eigenvalue weighted by molar-refractivity contribution is 0.308. The summed E-state index contributed by atoms with van der Waals surface area (Å²) < 4.78 is 0. The zero-order chi connectivity index (χ0) is 11.0. The summed E-state index contributed by atoms with van der Waals surface area (Å²) in [5.74, 6) is 0.838. The molecule has 0 aliphatic carbocycles. The molecule has 14 heavy (non-hydrogen) atoms. The van der Waals surface area contributed by atoms with Crippen LogP contribution in [0.15, 0.2) is 0 Å². The molecule has 1 atom stereocenters. The standard InChI is InChI=1S/C12H28N2/c1-6-14(5)10-12(4)13-9-7-8-11(2)3/h11-13H,6-10H2,1-5H3. The van der Waals surface area contributed by atoms with E-state index in [2.05, 4.69) is 45.0 Å². The monoisotopic (exact) mass is 200 g/mol. The van der Waals surface area contributed by atoms with E-state index in [0.29, 0.717) is 6.04 Å². The van der Waals surface area contributed by atoms with Crippen molar-refractivity contribution in [1.29, 1.82) is 0 Å². The summed E-state index contributed by atoms with van der Waals surface area (Å²) in [7, 11) is 2.17. The molecular weight excluding hydrogens is 172 g/mol. The molecule has 0 aliphatic heterocycles. The molecule has 0 aliphatic rings. The first-order valence-electron chi connectivity index (χ1n) is 5.98. The first-order chi connectivity index (χ1) is 6.56. The lowest BCUT2D eigenvalue weighted by Gasteiger charge is -2.20. The van der Waals surface area contributed by atoms with Gasteiger partial charge in [-0.05, 0) is 45.8 Å². The van der Waals surface area contributed by atoms with Gasteiger partial charge >= 0.3 is 0 Å². The maximum Gasteiger partial charge on any atom is 0.0166 e. The van der Waals surface area contributed by atoms with Crippen molar-refractivity contribution in [2.45, 2.75) is 46.6 Å².